The van der Waals surface area contributed by atoms with Crippen LogP contribution in [0.25, 0.3) is 22.4 Å². The Morgan fingerprint density at radius 3 is 2.89 bits per heavy atom. The van der Waals surface area contributed by atoms with Gasteiger partial charge in [-0.15, -0.1) is 11.3 Å². The van der Waals surface area contributed by atoms with Crippen molar-refractivity contribution in [3.63, 3.8) is 0 Å². The van der Waals surface area contributed by atoms with Crippen LogP contribution in [-0.2, 0) is 12.8 Å². The lowest BCUT2D eigenvalue weighted by atomic mass is 10.1. The first-order valence-electron chi connectivity index (χ1n) is 8.24. The number of rotatable bonds is 4. The largest absolute Gasteiger partial charge is 0.865 e. The Bertz CT molecular complexity index is 1160. The maximum atomic E-state index is 12.4. The first-order valence-corrected chi connectivity index (χ1v) is 9.05. The number of thiophene rings is 1. The Hall–Kier alpha value is -3.20. The average molecular weight is 384 g/mol. The fourth-order valence-electron chi connectivity index (χ4n) is 3.26. The molecule has 0 atom stereocenters. The molecule has 8 nitrogen and oxygen atoms in total. The van der Waals surface area contributed by atoms with Crippen molar-refractivity contribution in [3.8, 4) is 11.5 Å². The van der Waals surface area contributed by atoms with Crippen LogP contribution < -0.4 is 15.4 Å². The zero-order chi connectivity index (χ0) is 19.1. The number of H-pyrrole nitrogens is 1. The molecule has 1 N–H and O–H groups in total. The molecule has 0 spiro atoms. The van der Waals surface area contributed by atoms with Crippen LogP contribution >= 0.6 is 11.3 Å². The number of nitrogens with one attached hydrogen (secondary N) is 1. The van der Waals surface area contributed by atoms with Gasteiger partial charge in [0.25, 0.3) is 11.2 Å². The van der Waals surface area contributed by atoms with E-state index in [0.29, 0.717) is 21.6 Å². The number of nitro benzene ring substituents is 1. The number of ether oxygens (including phenoxy) is 1. The van der Waals surface area contributed by atoms with Crippen LogP contribution in [0.5, 0.6) is 11.5 Å². The van der Waals surface area contributed by atoms with Gasteiger partial charge in [0.05, 0.1) is 17.4 Å². The van der Waals surface area contributed by atoms with Crippen molar-refractivity contribution >= 4 is 39.4 Å². The van der Waals surface area contributed by atoms with Gasteiger partial charge >= 0.3 is 0 Å². The average Bonchev–Trinajstić information content (AvgIpc) is 3.21. The smallest absolute Gasteiger partial charge is 0.266 e. The zero-order valence-electron chi connectivity index (χ0n) is 14.3. The zero-order valence-corrected chi connectivity index (χ0v) is 15.1. The lowest BCUT2D eigenvalue weighted by molar-refractivity contribution is -0.398. The molecular weight excluding hydrogens is 370 g/mol. The molecule has 138 valence electrons. The van der Waals surface area contributed by atoms with Crippen LogP contribution in [-0.4, -0.2) is 22.0 Å². The second kappa shape index (κ2) is 6.51. The van der Waals surface area contributed by atoms with E-state index in [2.05, 4.69) is 9.97 Å². The van der Waals surface area contributed by atoms with E-state index in [4.69, 9.17) is 4.74 Å². The Labute approximate surface area is 156 Å². The number of aryl methyl sites for hydroxylation is 2. The number of aromatic nitrogens is 2. The number of fused-ring (bicyclic) bond motifs is 3. The van der Waals surface area contributed by atoms with Gasteiger partial charge in [-0.2, -0.15) is 0 Å². The highest BCUT2D eigenvalue weighted by atomic mass is 32.1. The molecule has 4 rings (SSSR count). The summed E-state index contributed by atoms with van der Waals surface area (Å²) in [5.74, 6) is -0.545. The minimum absolute atomic E-state index is 0.115. The van der Waals surface area contributed by atoms with Crippen molar-refractivity contribution in [2.24, 2.45) is 0 Å². The predicted octanol–water partition coefficient (Wildman–Crippen LogP) is 2.63. The molecule has 0 radical (unpaired) electrons. The normalized spacial score (nSPS) is 13.4. The lowest BCUT2D eigenvalue weighted by Crippen LogP contribution is -2.09. The molecule has 3 aromatic rings. The minimum Gasteiger partial charge on any atom is -0.865 e. The summed E-state index contributed by atoms with van der Waals surface area (Å²) >= 11 is 1.54. The summed E-state index contributed by atoms with van der Waals surface area (Å²) in [6.07, 6.45) is 6.04. The van der Waals surface area contributed by atoms with E-state index < -0.39 is 16.4 Å². The number of methoxy groups -OCH3 is 1. The highest BCUT2D eigenvalue weighted by molar-refractivity contribution is 7.18. The van der Waals surface area contributed by atoms with Crippen LogP contribution in [0.15, 0.2) is 16.9 Å². The van der Waals surface area contributed by atoms with E-state index in [1.54, 1.807) is 12.2 Å². The molecule has 1 aliphatic carbocycles. The van der Waals surface area contributed by atoms with Crippen LogP contribution in [0.3, 0.4) is 0 Å². The maximum Gasteiger partial charge on any atom is 0.266 e. The summed E-state index contributed by atoms with van der Waals surface area (Å²) in [5.41, 5.74) is 0.748. The standard InChI is InChI=1S/C18H15N3O5S/c1-26-12-8-9(7-11(16(12)22)21(24)25)5-6-14-19-17(23)15-10-3-2-4-13(10)27-18(15)20-14/h5-8,22H,2-4H2,1H3,(H,19,20,23)/p-1/b6-5+. The molecule has 27 heavy (non-hydrogen) atoms. The third-order valence-corrected chi connectivity index (χ3v) is 5.69. The molecule has 9 heteroatoms. The van der Waals surface area contributed by atoms with E-state index in [9.17, 15) is 20.0 Å². The Morgan fingerprint density at radius 1 is 1.33 bits per heavy atom. The number of nitrogens with zero attached hydrogens (tertiary/aromatic N) is 2. The topological polar surface area (TPSA) is 121 Å². The Kier molecular flexibility index (Phi) is 4.15. The Balaban J connectivity index is 1.74. The fraction of sp³-hybridized carbons (Fsp3) is 0.222. The number of benzene rings is 1. The first-order chi connectivity index (χ1) is 13.0. The monoisotopic (exact) mass is 384 g/mol. The van der Waals surface area contributed by atoms with Crippen molar-refractivity contribution in [3.05, 3.63) is 54.4 Å². The molecule has 0 unspecified atom stereocenters. The van der Waals surface area contributed by atoms with E-state index >= 15 is 0 Å². The molecule has 0 saturated carbocycles. The van der Waals surface area contributed by atoms with Gasteiger partial charge in [-0.05, 0) is 42.5 Å². The second-order valence-electron chi connectivity index (χ2n) is 6.15. The molecule has 0 saturated heterocycles. The van der Waals surface area contributed by atoms with Gasteiger partial charge in [-0.3, -0.25) is 14.9 Å². The first kappa shape index (κ1) is 17.2. The van der Waals surface area contributed by atoms with Gasteiger partial charge in [0.1, 0.15) is 16.4 Å². The van der Waals surface area contributed by atoms with Gasteiger partial charge in [0, 0.05) is 16.7 Å². The third kappa shape index (κ3) is 2.95. The summed E-state index contributed by atoms with van der Waals surface area (Å²) < 4.78 is 4.92. The van der Waals surface area contributed by atoms with Crippen molar-refractivity contribution in [2.45, 2.75) is 19.3 Å². The summed E-state index contributed by atoms with van der Waals surface area (Å²) in [4.78, 5) is 31.9. The highest BCUT2D eigenvalue weighted by Gasteiger charge is 2.20. The molecule has 0 fully saturated rings. The molecule has 0 aliphatic heterocycles. The van der Waals surface area contributed by atoms with Crippen molar-refractivity contribution < 1.29 is 14.8 Å². The summed E-state index contributed by atoms with van der Waals surface area (Å²) in [6.45, 7) is 0. The Morgan fingerprint density at radius 2 is 2.15 bits per heavy atom. The highest BCUT2D eigenvalue weighted by Crippen LogP contribution is 2.36. The number of nitro groups is 1. The maximum absolute atomic E-state index is 12.4. The van der Waals surface area contributed by atoms with Crippen LogP contribution in [0.4, 0.5) is 5.69 Å². The number of aromatic amines is 1. The van der Waals surface area contributed by atoms with Gasteiger partial charge in [-0.25, -0.2) is 4.98 Å². The number of hydrogen-bond acceptors (Lipinski definition) is 7. The lowest BCUT2D eigenvalue weighted by Gasteiger charge is -2.13. The van der Waals surface area contributed by atoms with Crippen LogP contribution in [0.2, 0.25) is 0 Å². The van der Waals surface area contributed by atoms with Crippen molar-refractivity contribution in [1.29, 1.82) is 0 Å². The van der Waals surface area contributed by atoms with Crippen molar-refractivity contribution in [1.82, 2.24) is 9.97 Å². The summed E-state index contributed by atoms with van der Waals surface area (Å²) in [7, 11) is 1.27. The quantitative estimate of drug-likeness (QED) is 0.545. The van der Waals surface area contributed by atoms with Crippen LogP contribution in [0, 0.1) is 10.1 Å². The second-order valence-corrected chi connectivity index (χ2v) is 7.23. The molecule has 1 aliphatic rings. The summed E-state index contributed by atoms with van der Waals surface area (Å²) in [6, 6.07) is 2.57. The van der Waals surface area contributed by atoms with Gasteiger partial charge < -0.3 is 14.8 Å². The molecular formula is C18H14N3O5S-. The van der Waals surface area contributed by atoms with Gasteiger partial charge in [0.2, 0.25) is 0 Å². The van der Waals surface area contributed by atoms with E-state index in [-0.39, 0.29) is 11.3 Å². The predicted molar refractivity (Wildman–Crippen MR) is 100 cm³/mol. The van der Waals surface area contributed by atoms with E-state index in [0.717, 1.165) is 30.9 Å². The van der Waals surface area contributed by atoms with Crippen molar-refractivity contribution in [2.75, 3.05) is 7.11 Å². The minimum atomic E-state index is -0.777. The molecule has 2 aromatic heterocycles. The molecule has 0 amide bonds. The third-order valence-electron chi connectivity index (χ3n) is 4.50. The van der Waals surface area contributed by atoms with Gasteiger partial charge in [0.15, 0.2) is 0 Å². The van der Waals surface area contributed by atoms with E-state index in [1.807, 2.05) is 0 Å². The molecule has 2 heterocycles. The number of hydrogen-bond donors (Lipinski definition) is 1. The van der Waals surface area contributed by atoms with Gasteiger partial charge in [-0.1, -0.05) is 6.08 Å². The van der Waals surface area contributed by atoms with Crippen LogP contribution in [0.1, 0.15) is 28.2 Å². The van der Waals surface area contributed by atoms with E-state index in [1.165, 1.54) is 29.4 Å². The SMILES string of the molecule is COc1cc(/C=C/c2nc3sc4c(c3c(=O)[nH]2)CCC4)cc([N+](=O)[O-])c1[O-]. The fourth-order valence-corrected chi connectivity index (χ4v) is 4.53. The summed E-state index contributed by atoms with van der Waals surface area (Å²) in [5, 5.41) is 23.6. The molecule has 1 aromatic carbocycles. The molecule has 0 bridgehead atoms.